The van der Waals surface area contributed by atoms with Crippen molar-refractivity contribution in [2.75, 3.05) is 6.61 Å². The Labute approximate surface area is 139 Å². The lowest BCUT2D eigenvalue weighted by Gasteiger charge is -2.56. The van der Waals surface area contributed by atoms with Gasteiger partial charge in [-0.25, -0.2) is 0 Å². The summed E-state index contributed by atoms with van der Waals surface area (Å²) in [6, 6.07) is 4.10. The molecule has 0 aliphatic heterocycles. The summed E-state index contributed by atoms with van der Waals surface area (Å²) in [5.41, 5.74) is 3.05. The van der Waals surface area contributed by atoms with Crippen molar-refractivity contribution in [3.05, 3.63) is 28.8 Å². The Morgan fingerprint density at radius 2 is 1.91 bits per heavy atom. The van der Waals surface area contributed by atoms with Crippen LogP contribution in [-0.4, -0.2) is 28.0 Å². The molecule has 0 spiro atoms. The van der Waals surface area contributed by atoms with Crippen LogP contribution in [0.25, 0.3) is 0 Å². The van der Waals surface area contributed by atoms with E-state index in [1.807, 2.05) is 6.07 Å². The second-order valence-electron chi connectivity index (χ2n) is 8.61. The van der Waals surface area contributed by atoms with Gasteiger partial charge in [0.25, 0.3) is 0 Å². The van der Waals surface area contributed by atoms with Crippen LogP contribution in [0.2, 0.25) is 0 Å². The normalized spacial score (nSPS) is 36.7. The number of phenols is 1. The first-order chi connectivity index (χ1) is 10.7. The first kappa shape index (κ1) is 16.8. The first-order valence-corrected chi connectivity index (χ1v) is 8.86. The van der Waals surface area contributed by atoms with Gasteiger partial charge < -0.3 is 15.3 Å². The van der Waals surface area contributed by atoms with Crippen molar-refractivity contribution in [2.24, 2.45) is 11.3 Å². The van der Waals surface area contributed by atoms with Gasteiger partial charge >= 0.3 is 0 Å². The molecule has 0 aromatic heterocycles. The smallest absolute Gasteiger partial charge is 0.119 e. The van der Waals surface area contributed by atoms with Crippen molar-refractivity contribution in [2.45, 2.75) is 70.8 Å². The molecule has 1 aromatic rings. The van der Waals surface area contributed by atoms with Gasteiger partial charge in [0.15, 0.2) is 0 Å². The van der Waals surface area contributed by atoms with E-state index >= 15 is 0 Å². The molecule has 23 heavy (non-hydrogen) atoms. The van der Waals surface area contributed by atoms with Gasteiger partial charge in [-0.3, -0.25) is 0 Å². The number of fused-ring (bicyclic) bond motifs is 3. The molecule has 128 valence electrons. The third-order valence-corrected chi connectivity index (χ3v) is 6.53. The van der Waals surface area contributed by atoms with E-state index in [1.165, 1.54) is 11.1 Å². The van der Waals surface area contributed by atoms with Gasteiger partial charge in [0, 0.05) is 6.61 Å². The molecular formula is C20H30O3. The summed E-state index contributed by atoms with van der Waals surface area (Å²) in [6.45, 7) is 8.62. The lowest BCUT2D eigenvalue weighted by Crippen LogP contribution is -2.54. The fraction of sp³-hybridized carbons (Fsp3) is 0.700. The van der Waals surface area contributed by atoms with Gasteiger partial charge in [-0.1, -0.05) is 33.8 Å². The third-order valence-electron chi connectivity index (χ3n) is 6.53. The average Bonchev–Trinajstić information content (AvgIpc) is 2.46. The predicted molar refractivity (Wildman–Crippen MR) is 91.8 cm³/mol. The lowest BCUT2D eigenvalue weighted by atomic mass is 9.49. The Balaban J connectivity index is 2.13. The Morgan fingerprint density at radius 1 is 1.22 bits per heavy atom. The highest BCUT2D eigenvalue weighted by Crippen LogP contribution is 2.57. The van der Waals surface area contributed by atoms with Crippen LogP contribution in [0.3, 0.4) is 0 Å². The summed E-state index contributed by atoms with van der Waals surface area (Å²) in [5.74, 6) is 0.997. The molecule has 2 aliphatic rings. The maximum atomic E-state index is 10.5. The topological polar surface area (TPSA) is 60.7 Å². The number of aryl methyl sites for hydroxylation is 1. The molecule has 0 heterocycles. The zero-order valence-corrected chi connectivity index (χ0v) is 14.8. The summed E-state index contributed by atoms with van der Waals surface area (Å²) >= 11 is 0. The summed E-state index contributed by atoms with van der Waals surface area (Å²) in [7, 11) is 0. The minimum atomic E-state index is -0.397. The molecule has 2 aliphatic carbocycles. The minimum absolute atomic E-state index is 0.107. The largest absolute Gasteiger partial charge is 0.508 e. The Bertz CT molecular complexity index is 609. The molecule has 0 bridgehead atoms. The molecule has 4 unspecified atom stereocenters. The molecule has 1 fully saturated rings. The standard InChI is InChI=1S/C20H30O3/c1-12(2)15-7-13-5-6-18-19(3,11-21)9-14(22)10-20(18,4)16(13)8-17(15)23/h7-8,12,14,18,21-23H,5-6,9-11H2,1-4H3. The number of aliphatic hydroxyl groups is 2. The van der Waals surface area contributed by atoms with Crippen molar-refractivity contribution in [1.82, 2.24) is 0 Å². The van der Waals surface area contributed by atoms with Gasteiger partial charge in [-0.2, -0.15) is 0 Å². The number of rotatable bonds is 2. The second-order valence-corrected chi connectivity index (χ2v) is 8.61. The van der Waals surface area contributed by atoms with Gasteiger partial charge in [0.2, 0.25) is 0 Å². The van der Waals surface area contributed by atoms with Crippen molar-refractivity contribution in [3.63, 3.8) is 0 Å². The summed E-state index contributed by atoms with van der Waals surface area (Å²) in [6.07, 6.45) is 3.00. The van der Waals surface area contributed by atoms with E-state index in [2.05, 4.69) is 33.8 Å². The van der Waals surface area contributed by atoms with Crippen LogP contribution in [0.4, 0.5) is 0 Å². The molecule has 0 amide bonds. The van der Waals surface area contributed by atoms with Crippen LogP contribution >= 0.6 is 0 Å². The SMILES string of the molecule is CC(C)c1cc2c(cc1O)C1(C)CC(O)CC(C)(CO)C1CC2. The quantitative estimate of drug-likeness (QED) is 0.782. The number of aliphatic hydroxyl groups excluding tert-OH is 2. The van der Waals surface area contributed by atoms with E-state index < -0.39 is 6.10 Å². The van der Waals surface area contributed by atoms with Gasteiger partial charge in [-0.15, -0.1) is 0 Å². The first-order valence-electron chi connectivity index (χ1n) is 8.86. The highest BCUT2D eigenvalue weighted by molar-refractivity contribution is 5.49. The van der Waals surface area contributed by atoms with Gasteiger partial charge in [0.05, 0.1) is 6.10 Å². The van der Waals surface area contributed by atoms with E-state index in [0.29, 0.717) is 30.4 Å². The molecule has 0 saturated heterocycles. The van der Waals surface area contributed by atoms with Crippen LogP contribution in [0.15, 0.2) is 12.1 Å². The monoisotopic (exact) mass is 318 g/mol. The molecule has 0 radical (unpaired) electrons. The highest BCUT2D eigenvalue weighted by atomic mass is 16.3. The second kappa shape index (κ2) is 5.49. The van der Waals surface area contributed by atoms with Crippen LogP contribution < -0.4 is 0 Å². The molecule has 3 heteroatoms. The Kier molecular flexibility index (Phi) is 4.01. The molecule has 4 atom stereocenters. The fourth-order valence-corrected chi connectivity index (χ4v) is 5.45. The zero-order chi connectivity index (χ0) is 17.0. The molecular weight excluding hydrogens is 288 g/mol. The van der Waals surface area contributed by atoms with Crippen LogP contribution in [-0.2, 0) is 11.8 Å². The molecule has 3 rings (SSSR count). The number of hydrogen-bond donors (Lipinski definition) is 3. The fourth-order valence-electron chi connectivity index (χ4n) is 5.45. The van der Waals surface area contributed by atoms with Crippen molar-refractivity contribution >= 4 is 0 Å². The number of hydrogen-bond acceptors (Lipinski definition) is 3. The van der Waals surface area contributed by atoms with E-state index in [4.69, 9.17) is 0 Å². The van der Waals surface area contributed by atoms with Crippen molar-refractivity contribution in [3.8, 4) is 5.75 Å². The van der Waals surface area contributed by atoms with Gasteiger partial charge in [0.1, 0.15) is 5.75 Å². The maximum Gasteiger partial charge on any atom is 0.119 e. The number of benzene rings is 1. The minimum Gasteiger partial charge on any atom is -0.508 e. The number of phenolic OH excluding ortho intramolecular Hbond substituents is 1. The van der Waals surface area contributed by atoms with E-state index in [1.54, 1.807) is 0 Å². The maximum absolute atomic E-state index is 10.5. The summed E-state index contributed by atoms with van der Waals surface area (Å²) < 4.78 is 0. The zero-order valence-electron chi connectivity index (χ0n) is 14.8. The summed E-state index contributed by atoms with van der Waals surface area (Å²) in [4.78, 5) is 0. The molecule has 3 nitrogen and oxygen atoms in total. The van der Waals surface area contributed by atoms with E-state index in [9.17, 15) is 15.3 Å². The molecule has 1 saturated carbocycles. The van der Waals surface area contributed by atoms with Crippen molar-refractivity contribution in [1.29, 1.82) is 0 Å². The lowest BCUT2D eigenvalue weighted by molar-refractivity contribution is -0.0735. The van der Waals surface area contributed by atoms with Gasteiger partial charge in [-0.05, 0) is 71.1 Å². The van der Waals surface area contributed by atoms with E-state index in [0.717, 1.165) is 18.4 Å². The highest BCUT2D eigenvalue weighted by Gasteiger charge is 2.54. The number of aromatic hydroxyl groups is 1. The Hall–Kier alpha value is -1.06. The predicted octanol–water partition coefficient (Wildman–Crippen LogP) is 3.49. The van der Waals surface area contributed by atoms with E-state index in [-0.39, 0.29) is 17.4 Å². The average molecular weight is 318 g/mol. The molecule has 3 N–H and O–H groups in total. The van der Waals surface area contributed by atoms with Crippen LogP contribution in [0, 0.1) is 11.3 Å². The van der Waals surface area contributed by atoms with Crippen molar-refractivity contribution < 1.29 is 15.3 Å². The summed E-state index contributed by atoms with van der Waals surface area (Å²) in [5, 5.41) is 30.9. The molecule has 1 aromatic carbocycles. The van der Waals surface area contributed by atoms with Crippen LogP contribution in [0.5, 0.6) is 5.75 Å². The van der Waals surface area contributed by atoms with Crippen LogP contribution in [0.1, 0.15) is 69.6 Å². The Morgan fingerprint density at radius 3 is 2.52 bits per heavy atom. The third kappa shape index (κ3) is 2.49.